The van der Waals surface area contributed by atoms with E-state index in [9.17, 15) is 0 Å². The predicted octanol–water partition coefficient (Wildman–Crippen LogP) is 1.77. The van der Waals surface area contributed by atoms with Gasteiger partial charge in [-0.15, -0.1) is 0 Å². The van der Waals surface area contributed by atoms with Crippen molar-refractivity contribution in [3.63, 3.8) is 0 Å². The Kier molecular flexibility index (Phi) is 9.35. The molecule has 1 rings (SSSR count). The zero-order chi connectivity index (χ0) is 10.8. The lowest BCUT2D eigenvalue weighted by Gasteiger charge is -2.30. The predicted molar refractivity (Wildman–Crippen MR) is 59.7 cm³/mol. The number of hydrogen-bond acceptors (Lipinski definition) is 3. The van der Waals surface area contributed by atoms with Crippen molar-refractivity contribution in [2.75, 3.05) is 40.0 Å². The fourth-order valence-corrected chi connectivity index (χ4v) is 1.53. The molecular formula is C11H25NO2. The quantitative estimate of drug-likeness (QED) is 0.650. The average molecular weight is 203 g/mol. The molecule has 1 unspecified atom stereocenters. The normalized spacial score (nSPS) is 22.7. The minimum absolute atomic E-state index is 0.404. The van der Waals surface area contributed by atoms with Gasteiger partial charge in [-0.3, -0.25) is 4.90 Å². The molecule has 0 saturated carbocycles. The number of methoxy groups -OCH3 is 1. The van der Waals surface area contributed by atoms with Gasteiger partial charge in [-0.2, -0.15) is 0 Å². The van der Waals surface area contributed by atoms with Crippen LogP contribution in [0.1, 0.15) is 27.2 Å². The molecule has 0 aromatic rings. The van der Waals surface area contributed by atoms with Gasteiger partial charge in [0.25, 0.3) is 0 Å². The van der Waals surface area contributed by atoms with Gasteiger partial charge in [0.05, 0.1) is 12.7 Å². The third kappa shape index (κ3) is 6.35. The van der Waals surface area contributed by atoms with Gasteiger partial charge in [-0.1, -0.05) is 13.8 Å². The third-order valence-corrected chi connectivity index (χ3v) is 2.15. The molecule has 0 bridgehead atoms. The Labute approximate surface area is 88.4 Å². The van der Waals surface area contributed by atoms with E-state index in [1.165, 1.54) is 0 Å². The molecule has 0 aromatic heterocycles. The van der Waals surface area contributed by atoms with Crippen LogP contribution in [0.5, 0.6) is 0 Å². The van der Waals surface area contributed by atoms with Crippen molar-refractivity contribution in [2.24, 2.45) is 0 Å². The highest BCUT2D eigenvalue weighted by atomic mass is 16.5. The summed E-state index contributed by atoms with van der Waals surface area (Å²) in [5, 5.41) is 0. The highest BCUT2D eigenvalue weighted by Crippen LogP contribution is 2.04. The first-order valence-corrected chi connectivity index (χ1v) is 5.66. The van der Waals surface area contributed by atoms with Gasteiger partial charge in [-0.25, -0.2) is 0 Å². The van der Waals surface area contributed by atoms with Crippen molar-refractivity contribution < 1.29 is 9.47 Å². The Morgan fingerprint density at radius 3 is 2.71 bits per heavy atom. The fraction of sp³-hybridized carbons (Fsp3) is 1.00. The van der Waals surface area contributed by atoms with Crippen LogP contribution in [0.25, 0.3) is 0 Å². The maximum absolute atomic E-state index is 5.44. The first-order chi connectivity index (χ1) is 6.83. The third-order valence-electron chi connectivity index (χ3n) is 2.15. The Morgan fingerprint density at radius 2 is 2.14 bits per heavy atom. The van der Waals surface area contributed by atoms with Gasteiger partial charge in [0.2, 0.25) is 0 Å². The van der Waals surface area contributed by atoms with E-state index in [0.29, 0.717) is 6.10 Å². The molecule has 14 heavy (non-hydrogen) atoms. The van der Waals surface area contributed by atoms with E-state index in [-0.39, 0.29) is 0 Å². The maximum Gasteiger partial charge on any atom is 0.0674 e. The van der Waals surface area contributed by atoms with E-state index in [4.69, 9.17) is 9.47 Å². The summed E-state index contributed by atoms with van der Waals surface area (Å²) in [6.07, 6.45) is 1.53. The van der Waals surface area contributed by atoms with Crippen molar-refractivity contribution in [3.8, 4) is 0 Å². The number of nitrogens with zero attached hydrogens (tertiary/aromatic N) is 1. The number of rotatable bonds is 4. The van der Waals surface area contributed by atoms with Crippen LogP contribution in [0.15, 0.2) is 0 Å². The molecule has 3 heteroatoms. The highest BCUT2D eigenvalue weighted by Gasteiger charge is 2.15. The minimum atomic E-state index is 0.404. The zero-order valence-electron chi connectivity index (χ0n) is 10.1. The Bertz CT molecular complexity index is 120. The summed E-state index contributed by atoms with van der Waals surface area (Å²) in [5.41, 5.74) is 0. The van der Waals surface area contributed by atoms with Gasteiger partial charge in [0.15, 0.2) is 0 Å². The van der Waals surface area contributed by atoms with E-state index in [1.54, 1.807) is 7.11 Å². The average Bonchev–Trinajstić information content (AvgIpc) is 2.21. The molecule has 1 heterocycles. The molecule has 1 aliphatic rings. The summed E-state index contributed by atoms with van der Waals surface area (Å²) < 4.78 is 10.4. The molecule has 1 saturated heterocycles. The standard InChI is InChI=1S/C9H19NO2.C2H6/c1-9-8-10(5-7-12-9)4-3-6-11-2;1-2/h9H,3-8H2,1-2H3;1-2H3. The Balaban J connectivity index is 0.000000791. The van der Waals surface area contributed by atoms with E-state index < -0.39 is 0 Å². The van der Waals surface area contributed by atoms with Gasteiger partial charge in [-0.05, 0) is 13.3 Å². The van der Waals surface area contributed by atoms with Crippen molar-refractivity contribution in [3.05, 3.63) is 0 Å². The number of ether oxygens (including phenoxy) is 2. The molecule has 0 amide bonds. The lowest BCUT2D eigenvalue weighted by Crippen LogP contribution is -2.41. The number of hydrogen-bond donors (Lipinski definition) is 0. The monoisotopic (exact) mass is 203 g/mol. The van der Waals surface area contributed by atoms with Gasteiger partial charge < -0.3 is 9.47 Å². The molecule has 0 radical (unpaired) electrons. The molecule has 86 valence electrons. The van der Waals surface area contributed by atoms with Crippen LogP contribution in [0.4, 0.5) is 0 Å². The largest absolute Gasteiger partial charge is 0.385 e. The first-order valence-electron chi connectivity index (χ1n) is 5.66. The van der Waals surface area contributed by atoms with Crippen LogP contribution < -0.4 is 0 Å². The van der Waals surface area contributed by atoms with Gasteiger partial charge in [0.1, 0.15) is 0 Å². The zero-order valence-corrected chi connectivity index (χ0v) is 10.1. The van der Waals surface area contributed by atoms with Crippen molar-refractivity contribution in [1.82, 2.24) is 4.90 Å². The molecule has 0 aromatic carbocycles. The van der Waals surface area contributed by atoms with Crippen molar-refractivity contribution in [2.45, 2.75) is 33.3 Å². The summed E-state index contributed by atoms with van der Waals surface area (Å²) in [7, 11) is 1.75. The number of morpholine rings is 1. The highest BCUT2D eigenvalue weighted by molar-refractivity contribution is 4.67. The maximum atomic E-state index is 5.44. The second kappa shape index (κ2) is 9.44. The van der Waals surface area contributed by atoms with E-state index in [2.05, 4.69) is 11.8 Å². The van der Waals surface area contributed by atoms with E-state index in [0.717, 1.165) is 39.3 Å². The van der Waals surface area contributed by atoms with Crippen LogP contribution in [0.2, 0.25) is 0 Å². The molecule has 0 spiro atoms. The summed E-state index contributed by atoms with van der Waals surface area (Å²) >= 11 is 0. The van der Waals surface area contributed by atoms with Crippen LogP contribution in [0, 0.1) is 0 Å². The molecule has 0 N–H and O–H groups in total. The summed E-state index contributed by atoms with van der Waals surface area (Å²) in [5.74, 6) is 0. The van der Waals surface area contributed by atoms with E-state index in [1.807, 2.05) is 13.8 Å². The first kappa shape index (κ1) is 13.9. The van der Waals surface area contributed by atoms with Crippen LogP contribution in [-0.4, -0.2) is 51.0 Å². The second-order valence-corrected chi connectivity index (χ2v) is 3.33. The lowest BCUT2D eigenvalue weighted by molar-refractivity contribution is -0.0201. The SMILES string of the molecule is CC.COCCCN1CCOC(C)C1. The van der Waals surface area contributed by atoms with Crippen LogP contribution >= 0.6 is 0 Å². The van der Waals surface area contributed by atoms with Gasteiger partial charge in [0, 0.05) is 33.4 Å². The second-order valence-electron chi connectivity index (χ2n) is 3.33. The van der Waals surface area contributed by atoms with Crippen LogP contribution in [0.3, 0.4) is 0 Å². The Hall–Kier alpha value is -0.120. The fourth-order valence-electron chi connectivity index (χ4n) is 1.53. The van der Waals surface area contributed by atoms with E-state index >= 15 is 0 Å². The molecular weight excluding hydrogens is 178 g/mol. The molecule has 1 fully saturated rings. The summed E-state index contributed by atoms with van der Waals surface area (Å²) in [6.45, 7) is 11.2. The summed E-state index contributed by atoms with van der Waals surface area (Å²) in [6, 6.07) is 0. The smallest absolute Gasteiger partial charge is 0.0674 e. The summed E-state index contributed by atoms with van der Waals surface area (Å²) in [4.78, 5) is 2.44. The Morgan fingerprint density at radius 1 is 1.43 bits per heavy atom. The molecule has 0 aliphatic carbocycles. The van der Waals surface area contributed by atoms with Crippen molar-refractivity contribution in [1.29, 1.82) is 0 Å². The topological polar surface area (TPSA) is 21.7 Å². The molecule has 3 nitrogen and oxygen atoms in total. The van der Waals surface area contributed by atoms with Crippen molar-refractivity contribution >= 4 is 0 Å². The van der Waals surface area contributed by atoms with Crippen LogP contribution in [-0.2, 0) is 9.47 Å². The van der Waals surface area contributed by atoms with Gasteiger partial charge >= 0.3 is 0 Å². The molecule has 1 aliphatic heterocycles. The lowest BCUT2D eigenvalue weighted by atomic mass is 10.3. The molecule has 1 atom stereocenters. The minimum Gasteiger partial charge on any atom is -0.385 e.